The van der Waals surface area contributed by atoms with Gasteiger partial charge >= 0.3 is 0 Å². The van der Waals surface area contributed by atoms with Gasteiger partial charge in [0.1, 0.15) is 10.5 Å². The van der Waals surface area contributed by atoms with E-state index in [1.54, 1.807) is 11.3 Å². The molecule has 0 saturated heterocycles. The van der Waals surface area contributed by atoms with E-state index in [2.05, 4.69) is 17.2 Å². The van der Waals surface area contributed by atoms with Crippen molar-refractivity contribution in [3.63, 3.8) is 0 Å². The molecule has 1 aromatic carbocycles. The van der Waals surface area contributed by atoms with E-state index in [9.17, 15) is 5.11 Å². The average Bonchev–Trinajstić information content (AvgIpc) is 2.91. The van der Waals surface area contributed by atoms with Crippen molar-refractivity contribution in [2.45, 2.75) is 6.61 Å². The second-order valence-corrected chi connectivity index (χ2v) is 5.04. The Morgan fingerprint density at radius 1 is 1.29 bits per heavy atom. The lowest BCUT2D eigenvalue weighted by Gasteiger charge is -1.95. The Balaban J connectivity index is 2.26. The minimum Gasteiger partial charge on any atom is -0.391 e. The van der Waals surface area contributed by atoms with Crippen LogP contribution in [-0.2, 0) is 13.7 Å². The molecule has 1 N–H and O–H groups in total. The van der Waals surface area contributed by atoms with E-state index in [0.29, 0.717) is 0 Å². The zero-order valence-corrected chi connectivity index (χ0v) is 10.2. The number of aromatic nitrogens is 2. The van der Waals surface area contributed by atoms with Crippen molar-refractivity contribution in [1.29, 1.82) is 0 Å². The molecule has 3 rings (SSSR count). The molecular formula is C13H12N2OS. The Bertz CT molecular complexity index is 655. The Hall–Kier alpha value is -1.65. The third-order valence-corrected chi connectivity index (χ3v) is 3.95. The molecule has 0 unspecified atom stereocenters. The van der Waals surface area contributed by atoms with Crippen LogP contribution in [0.2, 0.25) is 0 Å². The van der Waals surface area contributed by atoms with Crippen LogP contribution in [0.1, 0.15) is 4.88 Å². The molecule has 0 spiro atoms. The van der Waals surface area contributed by atoms with Gasteiger partial charge in [0.15, 0.2) is 0 Å². The van der Waals surface area contributed by atoms with Crippen molar-refractivity contribution in [3.8, 4) is 11.3 Å². The van der Waals surface area contributed by atoms with Crippen LogP contribution in [0.3, 0.4) is 0 Å². The molecule has 0 aliphatic rings. The molecule has 3 nitrogen and oxygen atoms in total. The zero-order chi connectivity index (χ0) is 11.8. The van der Waals surface area contributed by atoms with Crippen LogP contribution in [0.25, 0.3) is 21.5 Å². The third kappa shape index (κ3) is 1.66. The molecule has 0 aliphatic carbocycles. The van der Waals surface area contributed by atoms with E-state index in [4.69, 9.17) is 0 Å². The number of aliphatic hydroxyl groups is 1. The molecule has 0 radical (unpaired) electrons. The van der Waals surface area contributed by atoms with E-state index in [1.807, 2.05) is 36.0 Å². The largest absolute Gasteiger partial charge is 0.391 e. The highest BCUT2D eigenvalue weighted by Crippen LogP contribution is 2.33. The van der Waals surface area contributed by atoms with Gasteiger partial charge in [-0.3, -0.25) is 4.68 Å². The molecule has 0 bridgehead atoms. The van der Waals surface area contributed by atoms with E-state index >= 15 is 0 Å². The summed E-state index contributed by atoms with van der Waals surface area (Å²) in [6, 6.07) is 12.1. The molecule has 2 aromatic heterocycles. The maximum atomic E-state index is 9.19. The van der Waals surface area contributed by atoms with Gasteiger partial charge in [0, 0.05) is 22.9 Å². The van der Waals surface area contributed by atoms with E-state index in [1.165, 1.54) is 0 Å². The number of benzene rings is 1. The maximum Gasteiger partial charge on any atom is 0.121 e. The highest BCUT2D eigenvalue weighted by molar-refractivity contribution is 7.18. The van der Waals surface area contributed by atoms with Crippen LogP contribution < -0.4 is 0 Å². The number of thiophene rings is 1. The molecule has 17 heavy (non-hydrogen) atoms. The monoisotopic (exact) mass is 244 g/mol. The standard InChI is InChI=1S/C13H12N2OS/c1-15-13-11(7-10(8-16)17-13)12(14-15)9-5-3-2-4-6-9/h2-7,16H,8H2,1H3. The van der Waals surface area contributed by atoms with Crippen molar-refractivity contribution in [3.05, 3.63) is 41.3 Å². The fraction of sp³-hybridized carbons (Fsp3) is 0.154. The van der Waals surface area contributed by atoms with Gasteiger partial charge in [0.2, 0.25) is 0 Å². The summed E-state index contributed by atoms with van der Waals surface area (Å²) in [5.41, 5.74) is 2.10. The molecule has 0 aliphatic heterocycles. The molecule has 3 aromatic rings. The molecule has 0 saturated carbocycles. The number of rotatable bonds is 2. The summed E-state index contributed by atoms with van der Waals surface area (Å²) in [5.74, 6) is 0. The summed E-state index contributed by atoms with van der Waals surface area (Å²) >= 11 is 1.59. The van der Waals surface area contributed by atoms with E-state index in [0.717, 1.165) is 26.4 Å². The van der Waals surface area contributed by atoms with Gasteiger partial charge in [-0.05, 0) is 6.07 Å². The van der Waals surface area contributed by atoms with E-state index in [-0.39, 0.29) is 6.61 Å². The summed E-state index contributed by atoms with van der Waals surface area (Å²) in [6.45, 7) is 0.0908. The van der Waals surface area contributed by atoms with Crippen LogP contribution in [0.4, 0.5) is 0 Å². The fourth-order valence-electron chi connectivity index (χ4n) is 1.98. The van der Waals surface area contributed by atoms with Crippen LogP contribution in [-0.4, -0.2) is 14.9 Å². The Kier molecular flexibility index (Phi) is 2.46. The first-order valence-corrected chi connectivity index (χ1v) is 6.23. The lowest BCUT2D eigenvalue weighted by Crippen LogP contribution is -1.89. The first-order chi connectivity index (χ1) is 8.29. The maximum absolute atomic E-state index is 9.19. The van der Waals surface area contributed by atoms with E-state index < -0.39 is 0 Å². The molecule has 2 heterocycles. The number of hydrogen-bond acceptors (Lipinski definition) is 3. The van der Waals surface area contributed by atoms with Gasteiger partial charge in [-0.1, -0.05) is 30.3 Å². The first-order valence-electron chi connectivity index (χ1n) is 5.41. The first kappa shape index (κ1) is 10.5. The normalized spacial score (nSPS) is 11.2. The molecule has 0 fully saturated rings. The Morgan fingerprint density at radius 2 is 2.06 bits per heavy atom. The minimum atomic E-state index is 0.0908. The van der Waals surface area contributed by atoms with Gasteiger partial charge < -0.3 is 5.11 Å². The molecule has 4 heteroatoms. The summed E-state index contributed by atoms with van der Waals surface area (Å²) in [5, 5.41) is 14.8. The Morgan fingerprint density at radius 3 is 2.76 bits per heavy atom. The predicted molar refractivity (Wildman–Crippen MR) is 69.9 cm³/mol. The van der Waals surface area contributed by atoms with Gasteiger partial charge in [-0.2, -0.15) is 5.10 Å². The molecular weight excluding hydrogens is 232 g/mol. The van der Waals surface area contributed by atoms with Crippen molar-refractivity contribution >= 4 is 21.6 Å². The smallest absolute Gasteiger partial charge is 0.121 e. The molecule has 0 atom stereocenters. The highest BCUT2D eigenvalue weighted by Gasteiger charge is 2.13. The summed E-state index contributed by atoms with van der Waals surface area (Å²) < 4.78 is 1.88. The van der Waals surface area contributed by atoms with Crippen LogP contribution >= 0.6 is 11.3 Å². The average molecular weight is 244 g/mol. The lowest BCUT2D eigenvalue weighted by molar-refractivity contribution is 0.285. The van der Waals surface area contributed by atoms with Gasteiger partial charge in [0.25, 0.3) is 0 Å². The summed E-state index contributed by atoms with van der Waals surface area (Å²) in [4.78, 5) is 2.08. The number of aryl methyl sites for hydroxylation is 1. The fourth-order valence-corrected chi connectivity index (χ4v) is 2.91. The zero-order valence-electron chi connectivity index (χ0n) is 9.42. The number of fused-ring (bicyclic) bond motifs is 1. The van der Waals surface area contributed by atoms with Gasteiger partial charge in [0.05, 0.1) is 6.61 Å². The van der Waals surface area contributed by atoms with Gasteiger partial charge in [-0.15, -0.1) is 11.3 Å². The van der Waals surface area contributed by atoms with Crippen molar-refractivity contribution in [2.24, 2.45) is 7.05 Å². The van der Waals surface area contributed by atoms with Crippen LogP contribution in [0.15, 0.2) is 36.4 Å². The number of nitrogens with zero attached hydrogens (tertiary/aromatic N) is 2. The summed E-state index contributed by atoms with van der Waals surface area (Å²) in [6.07, 6.45) is 0. The van der Waals surface area contributed by atoms with Crippen LogP contribution in [0, 0.1) is 0 Å². The highest BCUT2D eigenvalue weighted by atomic mass is 32.1. The summed E-state index contributed by atoms with van der Waals surface area (Å²) in [7, 11) is 1.94. The SMILES string of the molecule is Cn1nc(-c2ccccc2)c2cc(CO)sc21. The third-order valence-electron chi connectivity index (χ3n) is 2.77. The number of hydrogen-bond donors (Lipinski definition) is 1. The topological polar surface area (TPSA) is 38.0 Å². The molecule has 86 valence electrons. The van der Waals surface area contributed by atoms with Crippen molar-refractivity contribution in [1.82, 2.24) is 9.78 Å². The quantitative estimate of drug-likeness (QED) is 0.752. The van der Waals surface area contributed by atoms with Crippen LogP contribution in [0.5, 0.6) is 0 Å². The Labute approximate surface area is 103 Å². The second kappa shape index (κ2) is 3.98. The number of aliphatic hydroxyl groups excluding tert-OH is 1. The molecule has 0 amide bonds. The van der Waals surface area contributed by atoms with Crippen molar-refractivity contribution < 1.29 is 5.11 Å². The second-order valence-electron chi connectivity index (χ2n) is 3.93. The van der Waals surface area contributed by atoms with Gasteiger partial charge in [-0.25, -0.2) is 0 Å². The predicted octanol–water partition coefficient (Wildman–Crippen LogP) is 2.79. The lowest BCUT2D eigenvalue weighted by atomic mass is 10.1. The van der Waals surface area contributed by atoms with Crippen molar-refractivity contribution in [2.75, 3.05) is 0 Å². The minimum absolute atomic E-state index is 0.0908.